The summed E-state index contributed by atoms with van der Waals surface area (Å²) < 4.78 is 5.10. The third kappa shape index (κ3) is 6.56. The fraction of sp³-hybridized carbons (Fsp3) is 0.778. The number of hydrogen-bond acceptors (Lipinski definition) is 4. The van der Waals surface area contributed by atoms with Crippen LogP contribution < -0.4 is 5.32 Å². The first kappa shape index (κ1) is 13.1. The van der Waals surface area contributed by atoms with Crippen LogP contribution >= 0.6 is 0 Å². The van der Waals surface area contributed by atoms with Crippen LogP contribution in [0.1, 0.15) is 26.7 Å². The predicted octanol–water partition coefficient (Wildman–Crippen LogP) is 0.392. The van der Waals surface area contributed by atoms with Gasteiger partial charge in [-0.05, 0) is 13.3 Å². The van der Waals surface area contributed by atoms with Gasteiger partial charge >= 0.3 is 5.97 Å². The first-order valence-electron chi connectivity index (χ1n) is 4.63. The van der Waals surface area contributed by atoms with E-state index in [9.17, 15) is 9.59 Å². The van der Waals surface area contributed by atoms with Gasteiger partial charge < -0.3 is 9.84 Å². The van der Waals surface area contributed by atoms with Crippen LogP contribution in [-0.2, 0) is 14.3 Å². The van der Waals surface area contributed by atoms with Crippen LogP contribution in [-0.4, -0.2) is 36.2 Å². The average Bonchev–Trinajstić information content (AvgIpc) is 2.11. The molecule has 0 aliphatic heterocycles. The molecule has 5 heteroatoms. The molecule has 82 valence electrons. The fourth-order valence-electron chi connectivity index (χ4n) is 0.816. The van der Waals surface area contributed by atoms with E-state index in [4.69, 9.17) is 9.84 Å². The van der Waals surface area contributed by atoms with Gasteiger partial charge in [0.25, 0.3) is 0 Å². The molecule has 0 unspecified atom stereocenters. The smallest absolute Gasteiger partial charge is 0.310 e. The van der Waals surface area contributed by atoms with Crippen molar-refractivity contribution in [2.45, 2.75) is 32.7 Å². The standard InChI is InChI=1S/C9H17NO4/c1-3-4-14-6-10-7(2)8(11)5-9(12)13/h7,10H,3-6H2,1-2H3,(H,12,13)/t7-/m0/s1. The van der Waals surface area contributed by atoms with Gasteiger partial charge in [-0.25, -0.2) is 0 Å². The SMILES string of the molecule is CCCOCN[C@@H](C)C(=O)CC(=O)O. The lowest BCUT2D eigenvalue weighted by Crippen LogP contribution is -2.36. The van der Waals surface area contributed by atoms with E-state index in [0.717, 1.165) is 6.42 Å². The molecule has 0 aliphatic carbocycles. The molecule has 0 spiro atoms. The molecule has 0 aliphatic rings. The highest BCUT2D eigenvalue weighted by molar-refractivity contribution is 5.97. The second kappa shape index (κ2) is 7.46. The monoisotopic (exact) mass is 203 g/mol. The topological polar surface area (TPSA) is 75.6 Å². The molecule has 2 N–H and O–H groups in total. The lowest BCUT2D eigenvalue weighted by molar-refractivity contribution is -0.140. The van der Waals surface area contributed by atoms with Gasteiger partial charge in [0.15, 0.2) is 5.78 Å². The summed E-state index contributed by atoms with van der Waals surface area (Å²) in [4.78, 5) is 21.3. The lowest BCUT2D eigenvalue weighted by atomic mass is 10.1. The number of ketones is 1. The molecule has 0 saturated heterocycles. The van der Waals surface area contributed by atoms with Gasteiger partial charge in [-0.1, -0.05) is 6.92 Å². The first-order valence-corrected chi connectivity index (χ1v) is 4.63. The van der Waals surface area contributed by atoms with E-state index in [1.807, 2.05) is 6.92 Å². The van der Waals surface area contributed by atoms with Crippen molar-refractivity contribution in [3.05, 3.63) is 0 Å². The highest BCUT2D eigenvalue weighted by atomic mass is 16.5. The molecular formula is C9H17NO4. The molecule has 0 aromatic carbocycles. The third-order valence-electron chi connectivity index (χ3n) is 1.65. The van der Waals surface area contributed by atoms with E-state index >= 15 is 0 Å². The Morgan fingerprint density at radius 1 is 1.50 bits per heavy atom. The van der Waals surface area contributed by atoms with Crippen molar-refractivity contribution in [3.63, 3.8) is 0 Å². The number of nitrogens with one attached hydrogen (secondary N) is 1. The van der Waals surface area contributed by atoms with Crippen LogP contribution in [0.5, 0.6) is 0 Å². The van der Waals surface area contributed by atoms with E-state index in [1.54, 1.807) is 6.92 Å². The molecule has 0 aromatic heterocycles. The number of rotatable bonds is 8. The fourth-order valence-corrected chi connectivity index (χ4v) is 0.816. The third-order valence-corrected chi connectivity index (χ3v) is 1.65. The molecular weight excluding hydrogens is 186 g/mol. The van der Waals surface area contributed by atoms with Gasteiger partial charge in [0.2, 0.25) is 0 Å². The van der Waals surface area contributed by atoms with E-state index < -0.39 is 18.4 Å². The molecule has 0 aromatic rings. The number of carboxylic acids is 1. The number of carboxylic acid groups (broad SMARTS) is 1. The molecule has 0 radical (unpaired) electrons. The molecule has 0 heterocycles. The summed E-state index contributed by atoms with van der Waals surface area (Å²) in [6.07, 6.45) is 0.473. The number of ether oxygens (including phenoxy) is 1. The molecule has 0 amide bonds. The Morgan fingerprint density at radius 2 is 2.14 bits per heavy atom. The van der Waals surface area contributed by atoms with Gasteiger partial charge in [0.1, 0.15) is 6.42 Å². The number of Topliss-reactive ketones (excluding diaryl/α,β-unsaturated/α-hetero) is 1. The zero-order chi connectivity index (χ0) is 11.0. The molecule has 0 fully saturated rings. The normalized spacial score (nSPS) is 12.4. The Kier molecular flexibility index (Phi) is 6.96. The van der Waals surface area contributed by atoms with Crippen molar-refractivity contribution in [1.82, 2.24) is 5.32 Å². The molecule has 14 heavy (non-hydrogen) atoms. The summed E-state index contributed by atoms with van der Waals surface area (Å²) in [6, 6.07) is -0.469. The average molecular weight is 203 g/mol. The van der Waals surface area contributed by atoms with Crippen LogP contribution in [0.2, 0.25) is 0 Å². The second-order valence-electron chi connectivity index (χ2n) is 3.02. The van der Waals surface area contributed by atoms with Crippen LogP contribution in [0.3, 0.4) is 0 Å². The maximum absolute atomic E-state index is 11.1. The Bertz CT molecular complexity index is 193. The van der Waals surface area contributed by atoms with Gasteiger partial charge in [-0.2, -0.15) is 0 Å². The minimum absolute atomic E-state index is 0.278. The first-order chi connectivity index (χ1) is 6.57. The minimum atomic E-state index is -1.10. The van der Waals surface area contributed by atoms with Gasteiger partial charge in [0, 0.05) is 6.61 Å². The van der Waals surface area contributed by atoms with Gasteiger partial charge in [-0.15, -0.1) is 0 Å². The summed E-state index contributed by atoms with van der Waals surface area (Å²) in [5.41, 5.74) is 0. The van der Waals surface area contributed by atoms with Crippen molar-refractivity contribution in [3.8, 4) is 0 Å². The number of carbonyl (C=O) groups excluding carboxylic acids is 1. The van der Waals surface area contributed by atoms with E-state index in [0.29, 0.717) is 6.61 Å². The van der Waals surface area contributed by atoms with Gasteiger partial charge in [-0.3, -0.25) is 14.9 Å². The van der Waals surface area contributed by atoms with Crippen molar-refractivity contribution >= 4 is 11.8 Å². The van der Waals surface area contributed by atoms with E-state index in [1.165, 1.54) is 0 Å². The number of aliphatic carboxylic acids is 1. The summed E-state index contributed by atoms with van der Waals surface area (Å²) in [5, 5.41) is 11.2. The highest BCUT2D eigenvalue weighted by Crippen LogP contribution is 1.91. The summed E-state index contributed by atoms with van der Waals surface area (Å²) >= 11 is 0. The van der Waals surface area contributed by atoms with Crippen molar-refractivity contribution in [1.29, 1.82) is 0 Å². The quantitative estimate of drug-likeness (QED) is 0.339. The van der Waals surface area contributed by atoms with Crippen LogP contribution in [0, 0.1) is 0 Å². The van der Waals surface area contributed by atoms with Crippen LogP contribution in [0.4, 0.5) is 0 Å². The molecule has 5 nitrogen and oxygen atoms in total. The van der Waals surface area contributed by atoms with E-state index in [2.05, 4.69) is 5.32 Å². The number of hydrogen-bond donors (Lipinski definition) is 2. The Labute approximate surface area is 83.4 Å². The summed E-state index contributed by atoms with van der Waals surface area (Å²) in [6.45, 7) is 4.52. The van der Waals surface area contributed by atoms with Crippen molar-refractivity contribution in [2.75, 3.05) is 13.3 Å². The summed E-state index contributed by atoms with van der Waals surface area (Å²) in [7, 11) is 0. The minimum Gasteiger partial charge on any atom is -0.481 e. The predicted molar refractivity (Wildman–Crippen MR) is 51.0 cm³/mol. The van der Waals surface area contributed by atoms with E-state index in [-0.39, 0.29) is 12.5 Å². The largest absolute Gasteiger partial charge is 0.481 e. The Hall–Kier alpha value is -0.940. The Balaban J connectivity index is 3.57. The van der Waals surface area contributed by atoms with Crippen LogP contribution in [0.25, 0.3) is 0 Å². The number of carbonyl (C=O) groups is 2. The highest BCUT2D eigenvalue weighted by Gasteiger charge is 2.14. The van der Waals surface area contributed by atoms with Crippen molar-refractivity contribution in [2.24, 2.45) is 0 Å². The van der Waals surface area contributed by atoms with Crippen molar-refractivity contribution < 1.29 is 19.4 Å². The molecule has 0 rings (SSSR count). The lowest BCUT2D eigenvalue weighted by Gasteiger charge is -2.11. The zero-order valence-electron chi connectivity index (χ0n) is 8.58. The second-order valence-corrected chi connectivity index (χ2v) is 3.02. The maximum atomic E-state index is 11.1. The van der Waals surface area contributed by atoms with Gasteiger partial charge in [0.05, 0.1) is 12.8 Å². The molecule has 0 saturated carbocycles. The van der Waals surface area contributed by atoms with Crippen LogP contribution in [0.15, 0.2) is 0 Å². The molecule has 0 bridgehead atoms. The Morgan fingerprint density at radius 3 is 2.64 bits per heavy atom. The zero-order valence-corrected chi connectivity index (χ0v) is 8.58. The molecule has 1 atom stereocenters. The summed E-state index contributed by atoms with van der Waals surface area (Å²) in [5.74, 6) is -1.43. The maximum Gasteiger partial charge on any atom is 0.310 e.